The lowest BCUT2D eigenvalue weighted by Gasteiger charge is -1.90. The highest BCUT2D eigenvalue weighted by molar-refractivity contribution is 5.94. The van der Waals surface area contributed by atoms with Crippen molar-refractivity contribution >= 4 is 11.8 Å². The van der Waals surface area contributed by atoms with Crippen LogP contribution in [0.15, 0.2) is 5.11 Å². The Balaban J connectivity index is 3.53. The van der Waals surface area contributed by atoms with E-state index in [1.807, 2.05) is 0 Å². The summed E-state index contributed by atoms with van der Waals surface area (Å²) in [5.74, 6) is -1.58. The van der Waals surface area contributed by atoms with Gasteiger partial charge in [-0.1, -0.05) is 5.11 Å². The number of carbonyl (C=O) groups is 2. The van der Waals surface area contributed by atoms with E-state index < -0.39 is 18.2 Å². The Bertz CT molecular complexity index is 207. The highest BCUT2D eigenvalue weighted by Gasteiger charge is 2.05. The molecule has 0 saturated heterocycles. The van der Waals surface area contributed by atoms with Crippen molar-refractivity contribution in [2.45, 2.75) is 12.8 Å². The molecule has 0 atom stereocenters. The van der Waals surface area contributed by atoms with Crippen molar-refractivity contribution in [1.29, 1.82) is 0 Å². The van der Waals surface area contributed by atoms with E-state index in [0.717, 1.165) is 0 Å². The number of rotatable bonds is 5. The Labute approximate surface area is 62.5 Å². The molecule has 0 aromatic rings. The molecule has 0 aliphatic rings. The lowest BCUT2D eigenvalue weighted by molar-refractivity contribution is -0.140. The van der Waals surface area contributed by atoms with Gasteiger partial charge in [0.25, 0.3) is 0 Å². The van der Waals surface area contributed by atoms with Crippen molar-refractivity contribution in [2.24, 2.45) is 5.11 Å². The first-order chi connectivity index (χ1) is 5.16. The Kier molecular flexibility index (Phi) is 4.51. The van der Waals surface area contributed by atoms with Crippen molar-refractivity contribution in [1.82, 2.24) is 0 Å². The van der Waals surface area contributed by atoms with E-state index in [-0.39, 0.29) is 13.0 Å². The van der Waals surface area contributed by atoms with E-state index in [9.17, 15) is 9.59 Å². The largest absolute Gasteiger partial charge is 0.481 e. The summed E-state index contributed by atoms with van der Waals surface area (Å²) in [6.45, 7) is 0.0304. The SMILES string of the molecule is [N-]=[N+]=NCCC(=O)CC(=O)O. The predicted molar refractivity (Wildman–Crippen MR) is 35.9 cm³/mol. The first-order valence-corrected chi connectivity index (χ1v) is 2.91. The molecular weight excluding hydrogens is 150 g/mol. The van der Waals surface area contributed by atoms with Crippen LogP contribution in [0.3, 0.4) is 0 Å². The summed E-state index contributed by atoms with van der Waals surface area (Å²) in [7, 11) is 0. The Morgan fingerprint density at radius 2 is 2.18 bits per heavy atom. The second-order valence-corrected chi connectivity index (χ2v) is 1.81. The topological polar surface area (TPSA) is 103 Å². The van der Waals surface area contributed by atoms with E-state index in [1.54, 1.807) is 0 Å². The van der Waals surface area contributed by atoms with Gasteiger partial charge in [-0.2, -0.15) is 0 Å². The van der Waals surface area contributed by atoms with Gasteiger partial charge in [0.15, 0.2) is 0 Å². The molecule has 6 heteroatoms. The van der Waals surface area contributed by atoms with E-state index in [0.29, 0.717) is 0 Å². The fraction of sp³-hybridized carbons (Fsp3) is 0.600. The number of ketones is 1. The minimum Gasteiger partial charge on any atom is -0.481 e. The molecule has 0 rings (SSSR count). The Hall–Kier alpha value is -1.55. The van der Waals surface area contributed by atoms with Crippen molar-refractivity contribution in [3.05, 3.63) is 10.4 Å². The number of nitrogens with zero attached hydrogens (tertiary/aromatic N) is 3. The quantitative estimate of drug-likeness (QED) is 0.275. The molecule has 60 valence electrons. The Morgan fingerprint density at radius 1 is 1.55 bits per heavy atom. The molecule has 0 radical (unpaired) electrons. The molecule has 0 amide bonds. The van der Waals surface area contributed by atoms with Crippen molar-refractivity contribution < 1.29 is 14.7 Å². The third kappa shape index (κ3) is 6.33. The van der Waals surface area contributed by atoms with E-state index in [4.69, 9.17) is 10.6 Å². The zero-order valence-corrected chi connectivity index (χ0v) is 5.73. The maximum atomic E-state index is 10.6. The Morgan fingerprint density at radius 3 is 2.64 bits per heavy atom. The van der Waals surface area contributed by atoms with Crippen LogP contribution in [0, 0.1) is 0 Å². The lowest BCUT2D eigenvalue weighted by Crippen LogP contribution is -2.07. The molecule has 6 nitrogen and oxygen atoms in total. The van der Waals surface area contributed by atoms with Crippen molar-refractivity contribution in [3.63, 3.8) is 0 Å². The predicted octanol–water partition coefficient (Wildman–Crippen LogP) is 0.731. The van der Waals surface area contributed by atoms with Crippen LogP contribution in [0.1, 0.15) is 12.8 Å². The second-order valence-electron chi connectivity index (χ2n) is 1.81. The molecule has 0 saturated carbocycles. The fourth-order valence-electron chi connectivity index (χ4n) is 0.476. The minimum absolute atomic E-state index is 0.00361. The van der Waals surface area contributed by atoms with Gasteiger partial charge in [0, 0.05) is 17.9 Å². The third-order valence-electron chi connectivity index (χ3n) is 0.902. The third-order valence-corrected chi connectivity index (χ3v) is 0.902. The van der Waals surface area contributed by atoms with Crippen LogP contribution in [-0.2, 0) is 9.59 Å². The normalized spacial score (nSPS) is 8.36. The molecule has 0 fully saturated rings. The van der Waals surface area contributed by atoms with Crippen LogP contribution < -0.4 is 0 Å². The standard InChI is InChI=1S/C5H7N3O3/c6-8-7-2-1-4(9)3-5(10)11/h1-3H2,(H,10,11). The monoisotopic (exact) mass is 157 g/mol. The first kappa shape index (κ1) is 9.45. The molecule has 0 aliphatic heterocycles. The van der Waals surface area contributed by atoms with Gasteiger partial charge in [0.2, 0.25) is 0 Å². The molecule has 0 spiro atoms. The summed E-state index contributed by atoms with van der Waals surface area (Å²) < 4.78 is 0. The summed E-state index contributed by atoms with van der Waals surface area (Å²) in [6.07, 6.45) is -0.503. The van der Waals surface area contributed by atoms with Crippen LogP contribution in [0.5, 0.6) is 0 Å². The molecule has 0 aromatic carbocycles. The van der Waals surface area contributed by atoms with Crippen LogP contribution in [0.4, 0.5) is 0 Å². The summed E-state index contributed by atoms with van der Waals surface area (Å²) in [5, 5.41) is 11.2. The van der Waals surface area contributed by atoms with Gasteiger partial charge in [-0.25, -0.2) is 0 Å². The maximum Gasteiger partial charge on any atom is 0.310 e. The number of hydrogen-bond donors (Lipinski definition) is 1. The number of aliphatic carboxylic acids is 1. The number of azide groups is 1. The zero-order chi connectivity index (χ0) is 8.69. The molecule has 0 heterocycles. The number of carbonyl (C=O) groups excluding carboxylic acids is 1. The average Bonchev–Trinajstić information content (AvgIpc) is 1.86. The van der Waals surface area contributed by atoms with Crippen molar-refractivity contribution in [3.8, 4) is 0 Å². The van der Waals surface area contributed by atoms with E-state index >= 15 is 0 Å². The van der Waals surface area contributed by atoms with Crippen LogP contribution in [-0.4, -0.2) is 23.4 Å². The van der Waals surface area contributed by atoms with Gasteiger partial charge in [-0.3, -0.25) is 9.59 Å². The molecule has 0 bridgehead atoms. The van der Waals surface area contributed by atoms with Gasteiger partial charge in [0.05, 0.1) is 0 Å². The number of hydrogen-bond acceptors (Lipinski definition) is 3. The van der Waals surface area contributed by atoms with Crippen LogP contribution >= 0.6 is 0 Å². The van der Waals surface area contributed by atoms with Gasteiger partial charge in [0.1, 0.15) is 12.2 Å². The van der Waals surface area contributed by atoms with Crippen LogP contribution in [0.2, 0.25) is 0 Å². The fourth-order valence-corrected chi connectivity index (χ4v) is 0.476. The lowest BCUT2D eigenvalue weighted by atomic mass is 10.2. The van der Waals surface area contributed by atoms with Crippen molar-refractivity contribution in [2.75, 3.05) is 6.54 Å². The summed E-state index contributed by atoms with van der Waals surface area (Å²) in [4.78, 5) is 22.9. The average molecular weight is 157 g/mol. The van der Waals surface area contributed by atoms with Gasteiger partial charge in [-0.05, 0) is 5.53 Å². The number of carboxylic acid groups (broad SMARTS) is 1. The van der Waals surface area contributed by atoms with E-state index in [1.165, 1.54) is 0 Å². The maximum absolute atomic E-state index is 10.6. The van der Waals surface area contributed by atoms with Crippen LogP contribution in [0.25, 0.3) is 10.4 Å². The van der Waals surface area contributed by atoms with Gasteiger partial charge < -0.3 is 5.11 Å². The highest BCUT2D eigenvalue weighted by atomic mass is 16.4. The second kappa shape index (κ2) is 5.25. The smallest absolute Gasteiger partial charge is 0.310 e. The molecular formula is C5H7N3O3. The first-order valence-electron chi connectivity index (χ1n) is 2.91. The molecule has 0 aromatic heterocycles. The van der Waals surface area contributed by atoms with Gasteiger partial charge in [-0.15, -0.1) is 0 Å². The number of Topliss-reactive ketones (excluding diaryl/α,β-unsaturated/α-hetero) is 1. The summed E-state index contributed by atoms with van der Waals surface area (Å²) in [5.41, 5.74) is 7.79. The molecule has 0 unspecified atom stereocenters. The van der Waals surface area contributed by atoms with Gasteiger partial charge >= 0.3 is 5.97 Å². The summed E-state index contributed by atoms with van der Waals surface area (Å²) >= 11 is 0. The highest BCUT2D eigenvalue weighted by Crippen LogP contribution is 1.90. The zero-order valence-electron chi connectivity index (χ0n) is 5.73. The molecule has 1 N–H and O–H groups in total. The summed E-state index contributed by atoms with van der Waals surface area (Å²) in [6, 6.07) is 0. The molecule has 11 heavy (non-hydrogen) atoms. The minimum atomic E-state index is -1.16. The number of carboxylic acids is 1. The molecule has 0 aliphatic carbocycles. The van der Waals surface area contributed by atoms with E-state index in [2.05, 4.69) is 10.0 Å².